The first-order chi connectivity index (χ1) is 9.89. The highest BCUT2D eigenvalue weighted by molar-refractivity contribution is 5.21. The Labute approximate surface area is 127 Å². The van der Waals surface area contributed by atoms with Gasteiger partial charge in [0.25, 0.3) is 0 Å². The average molecular weight is 294 g/mol. The van der Waals surface area contributed by atoms with Crippen LogP contribution in [0.15, 0.2) is 24.3 Å². The van der Waals surface area contributed by atoms with Gasteiger partial charge in [0.15, 0.2) is 0 Å². The Hall–Kier alpha value is -1.13. The summed E-state index contributed by atoms with van der Waals surface area (Å²) in [6, 6.07) is 6.20. The summed E-state index contributed by atoms with van der Waals surface area (Å²) in [5.41, 5.74) is 0.270. The predicted molar refractivity (Wildman–Crippen MR) is 84.2 cm³/mol. The number of likely N-dealkylation sites (tertiary alicyclic amines) is 1. The van der Waals surface area contributed by atoms with Crippen molar-refractivity contribution in [2.75, 3.05) is 40.3 Å². The monoisotopic (exact) mass is 294 g/mol. The molecule has 1 fully saturated rings. The quantitative estimate of drug-likeness (QED) is 0.802. The van der Waals surface area contributed by atoms with Crippen molar-refractivity contribution in [3.05, 3.63) is 30.1 Å². The summed E-state index contributed by atoms with van der Waals surface area (Å²) >= 11 is 0. The highest BCUT2D eigenvalue weighted by Gasteiger charge is 2.39. The minimum Gasteiger partial charge on any atom is -0.492 e. The maximum absolute atomic E-state index is 12.8. The molecule has 3 nitrogen and oxygen atoms in total. The van der Waals surface area contributed by atoms with Gasteiger partial charge in [-0.25, -0.2) is 4.39 Å². The Morgan fingerprint density at radius 2 is 2.00 bits per heavy atom. The third-order valence-corrected chi connectivity index (χ3v) is 4.88. The van der Waals surface area contributed by atoms with Crippen molar-refractivity contribution >= 4 is 0 Å². The van der Waals surface area contributed by atoms with E-state index in [2.05, 4.69) is 37.7 Å². The number of likely N-dealkylation sites (N-methyl/N-ethyl adjacent to an activating group) is 1. The van der Waals surface area contributed by atoms with E-state index in [0.29, 0.717) is 12.5 Å². The molecule has 1 saturated heterocycles. The lowest BCUT2D eigenvalue weighted by molar-refractivity contribution is 0.134. The maximum atomic E-state index is 12.8. The molecule has 1 aromatic rings. The predicted octanol–water partition coefficient (Wildman–Crippen LogP) is 2.87. The summed E-state index contributed by atoms with van der Waals surface area (Å²) in [7, 11) is 4.35. The van der Waals surface area contributed by atoms with Gasteiger partial charge < -0.3 is 14.5 Å². The molecule has 0 aromatic heterocycles. The van der Waals surface area contributed by atoms with Crippen molar-refractivity contribution < 1.29 is 9.13 Å². The number of hydrogen-bond donors (Lipinski definition) is 0. The molecule has 1 heterocycles. The number of benzene rings is 1. The van der Waals surface area contributed by atoms with Crippen molar-refractivity contribution in [1.82, 2.24) is 9.80 Å². The molecule has 4 heteroatoms. The second kappa shape index (κ2) is 6.75. The zero-order valence-corrected chi connectivity index (χ0v) is 13.6. The normalized spacial score (nSPS) is 21.9. The molecule has 0 aliphatic carbocycles. The third kappa shape index (κ3) is 4.17. The fourth-order valence-corrected chi connectivity index (χ4v) is 2.93. The van der Waals surface area contributed by atoms with Gasteiger partial charge in [-0.15, -0.1) is 0 Å². The largest absolute Gasteiger partial charge is 0.492 e. The lowest BCUT2D eigenvalue weighted by atomic mass is 9.88. The SMILES string of the molecule is CN(CCOc1ccc(F)cc1)CC1CCN(C)C1(C)C. The number of nitrogens with zero attached hydrogens (tertiary/aromatic N) is 2. The number of ether oxygens (including phenoxy) is 1. The van der Waals surface area contributed by atoms with Crippen LogP contribution in [0.4, 0.5) is 4.39 Å². The van der Waals surface area contributed by atoms with Gasteiger partial charge in [-0.05, 0) is 71.1 Å². The molecule has 2 rings (SSSR count). The molecular weight excluding hydrogens is 267 g/mol. The second-order valence-electron chi connectivity index (χ2n) is 6.63. The summed E-state index contributed by atoms with van der Waals surface area (Å²) in [4.78, 5) is 4.77. The molecule has 1 aliphatic heterocycles. The molecule has 1 unspecified atom stereocenters. The van der Waals surface area contributed by atoms with Crippen LogP contribution < -0.4 is 4.74 Å². The topological polar surface area (TPSA) is 15.7 Å². The Kier molecular flexibility index (Phi) is 5.22. The molecule has 118 valence electrons. The smallest absolute Gasteiger partial charge is 0.123 e. The summed E-state index contributed by atoms with van der Waals surface area (Å²) in [5, 5.41) is 0. The van der Waals surface area contributed by atoms with E-state index in [1.807, 2.05) is 0 Å². The second-order valence-corrected chi connectivity index (χ2v) is 6.63. The van der Waals surface area contributed by atoms with Gasteiger partial charge in [0.2, 0.25) is 0 Å². The van der Waals surface area contributed by atoms with Crippen LogP contribution in [0.3, 0.4) is 0 Å². The van der Waals surface area contributed by atoms with E-state index >= 15 is 0 Å². The van der Waals surface area contributed by atoms with Gasteiger partial charge >= 0.3 is 0 Å². The van der Waals surface area contributed by atoms with Crippen molar-refractivity contribution in [3.8, 4) is 5.75 Å². The fraction of sp³-hybridized carbons (Fsp3) is 0.647. The Balaban J connectivity index is 1.73. The van der Waals surface area contributed by atoms with Crippen LogP contribution in [0, 0.1) is 11.7 Å². The standard InChI is InChI=1S/C17H27FN2O/c1-17(2)14(9-10-20(17)4)13-19(3)11-12-21-16-7-5-15(18)6-8-16/h5-8,14H,9-13H2,1-4H3. The minimum absolute atomic E-state index is 0.230. The van der Waals surface area contributed by atoms with Gasteiger partial charge in [0, 0.05) is 18.6 Å². The van der Waals surface area contributed by atoms with Crippen molar-refractivity contribution in [2.45, 2.75) is 25.8 Å². The van der Waals surface area contributed by atoms with Crippen LogP contribution >= 0.6 is 0 Å². The van der Waals surface area contributed by atoms with Crippen molar-refractivity contribution in [1.29, 1.82) is 0 Å². The molecule has 21 heavy (non-hydrogen) atoms. The van der Waals surface area contributed by atoms with E-state index in [1.165, 1.54) is 25.1 Å². The van der Waals surface area contributed by atoms with Gasteiger partial charge in [-0.2, -0.15) is 0 Å². The summed E-state index contributed by atoms with van der Waals surface area (Å²) in [6.07, 6.45) is 1.26. The zero-order valence-electron chi connectivity index (χ0n) is 13.6. The molecule has 0 radical (unpaired) electrons. The molecular formula is C17H27FN2O. The Morgan fingerprint density at radius 1 is 1.33 bits per heavy atom. The molecule has 1 aliphatic rings. The highest BCUT2D eigenvalue weighted by atomic mass is 19.1. The van der Waals surface area contributed by atoms with Crippen molar-refractivity contribution in [3.63, 3.8) is 0 Å². The molecule has 0 N–H and O–H groups in total. The number of halogens is 1. The van der Waals surface area contributed by atoms with Crippen LogP contribution in [0.2, 0.25) is 0 Å². The van der Waals surface area contributed by atoms with E-state index in [1.54, 1.807) is 12.1 Å². The third-order valence-electron chi connectivity index (χ3n) is 4.88. The molecule has 0 bridgehead atoms. The summed E-state index contributed by atoms with van der Waals surface area (Å²) in [6.45, 7) is 8.43. The van der Waals surface area contributed by atoms with Crippen LogP contribution in [0.1, 0.15) is 20.3 Å². The molecule has 0 amide bonds. The lowest BCUT2D eigenvalue weighted by Gasteiger charge is -2.35. The highest BCUT2D eigenvalue weighted by Crippen LogP contribution is 2.33. The van der Waals surface area contributed by atoms with Crippen LogP contribution in [-0.2, 0) is 0 Å². The van der Waals surface area contributed by atoms with E-state index < -0.39 is 0 Å². The lowest BCUT2D eigenvalue weighted by Crippen LogP contribution is -2.44. The number of rotatable bonds is 6. The van der Waals surface area contributed by atoms with Gasteiger partial charge in [-0.3, -0.25) is 0 Å². The summed E-state index contributed by atoms with van der Waals surface area (Å²) in [5.74, 6) is 1.19. The zero-order chi connectivity index (χ0) is 15.5. The first-order valence-corrected chi connectivity index (χ1v) is 7.68. The van der Waals surface area contributed by atoms with Crippen LogP contribution in [0.5, 0.6) is 5.75 Å². The van der Waals surface area contributed by atoms with Crippen LogP contribution in [0.25, 0.3) is 0 Å². The van der Waals surface area contributed by atoms with E-state index in [0.717, 1.165) is 18.8 Å². The molecule has 0 spiro atoms. The van der Waals surface area contributed by atoms with Gasteiger partial charge in [-0.1, -0.05) is 0 Å². The van der Waals surface area contributed by atoms with Crippen molar-refractivity contribution in [2.24, 2.45) is 5.92 Å². The average Bonchev–Trinajstić information content (AvgIpc) is 2.68. The first kappa shape index (κ1) is 16.2. The first-order valence-electron chi connectivity index (χ1n) is 7.68. The fourth-order valence-electron chi connectivity index (χ4n) is 2.93. The minimum atomic E-state index is -0.230. The van der Waals surface area contributed by atoms with Gasteiger partial charge in [0.1, 0.15) is 18.2 Å². The van der Waals surface area contributed by atoms with E-state index in [-0.39, 0.29) is 11.4 Å². The Bertz CT molecular complexity index is 447. The molecule has 1 aromatic carbocycles. The van der Waals surface area contributed by atoms with Crippen LogP contribution in [-0.4, -0.2) is 55.7 Å². The summed E-state index contributed by atoms with van der Waals surface area (Å²) < 4.78 is 18.5. The van der Waals surface area contributed by atoms with E-state index in [4.69, 9.17) is 4.74 Å². The van der Waals surface area contributed by atoms with Gasteiger partial charge in [0.05, 0.1) is 0 Å². The van der Waals surface area contributed by atoms with E-state index in [9.17, 15) is 4.39 Å². The Morgan fingerprint density at radius 3 is 2.57 bits per heavy atom. The maximum Gasteiger partial charge on any atom is 0.123 e. The molecule has 1 atom stereocenters. The number of hydrogen-bond acceptors (Lipinski definition) is 3. The molecule has 0 saturated carbocycles.